The number of hydrogen-bond donors (Lipinski definition) is 1. The van der Waals surface area contributed by atoms with E-state index in [0.29, 0.717) is 6.42 Å². The molecule has 0 aliphatic carbocycles. The SMILES string of the molecule is O=C(Cc1ccc2c(c1)OCO2)N1c2ccccc2CCC1CN1CCN(c2cccc3[nH]ccc23)CC1. The zero-order valence-corrected chi connectivity index (χ0v) is 21.4. The number of carbonyl (C=O) groups is 1. The van der Waals surface area contributed by atoms with Crippen molar-refractivity contribution < 1.29 is 14.3 Å². The average Bonchev–Trinajstić information content (AvgIpc) is 3.62. The number of anilines is 2. The second-order valence-corrected chi connectivity index (χ2v) is 10.5. The van der Waals surface area contributed by atoms with Crippen molar-refractivity contribution in [2.75, 3.05) is 49.3 Å². The number of aromatic amines is 1. The molecular weight excluding hydrogens is 476 g/mol. The van der Waals surface area contributed by atoms with Gasteiger partial charge in [0, 0.05) is 67.2 Å². The molecule has 0 bridgehead atoms. The Labute approximate surface area is 222 Å². The van der Waals surface area contributed by atoms with E-state index < -0.39 is 0 Å². The summed E-state index contributed by atoms with van der Waals surface area (Å²) in [7, 11) is 0. The number of carbonyl (C=O) groups excluding carboxylic acids is 1. The molecule has 0 saturated carbocycles. The topological polar surface area (TPSA) is 61.0 Å². The van der Waals surface area contributed by atoms with Crippen LogP contribution < -0.4 is 19.3 Å². The molecule has 3 aliphatic heterocycles. The molecule has 0 spiro atoms. The smallest absolute Gasteiger partial charge is 0.231 e. The highest BCUT2D eigenvalue weighted by molar-refractivity contribution is 5.96. The lowest BCUT2D eigenvalue weighted by Crippen LogP contribution is -2.54. The van der Waals surface area contributed by atoms with Gasteiger partial charge in [-0.3, -0.25) is 9.69 Å². The largest absolute Gasteiger partial charge is 0.454 e. The number of hydrogen-bond acceptors (Lipinski definition) is 5. The van der Waals surface area contributed by atoms with E-state index in [0.717, 1.165) is 68.3 Å². The van der Waals surface area contributed by atoms with Gasteiger partial charge in [-0.2, -0.15) is 0 Å². The second-order valence-electron chi connectivity index (χ2n) is 10.5. The van der Waals surface area contributed by atoms with Gasteiger partial charge in [0.1, 0.15) is 0 Å². The van der Waals surface area contributed by atoms with Crippen LogP contribution in [0, 0.1) is 0 Å². The van der Waals surface area contributed by atoms with Crippen LogP contribution in [0.15, 0.2) is 72.9 Å². The molecule has 1 N–H and O–H groups in total. The minimum atomic E-state index is 0.138. The first-order chi connectivity index (χ1) is 18.7. The van der Waals surface area contributed by atoms with Gasteiger partial charge in [-0.05, 0) is 60.4 Å². The first-order valence-corrected chi connectivity index (χ1v) is 13.5. The lowest BCUT2D eigenvalue weighted by molar-refractivity contribution is -0.118. The number of nitrogens with zero attached hydrogens (tertiary/aromatic N) is 3. The fraction of sp³-hybridized carbons (Fsp3) is 0.323. The highest BCUT2D eigenvalue weighted by atomic mass is 16.7. The van der Waals surface area contributed by atoms with Gasteiger partial charge in [-0.1, -0.05) is 30.3 Å². The van der Waals surface area contributed by atoms with Crippen LogP contribution in [-0.2, 0) is 17.6 Å². The first-order valence-electron chi connectivity index (χ1n) is 13.5. The number of fused-ring (bicyclic) bond motifs is 3. The normalized spacial score (nSPS) is 19.1. The van der Waals surface area contributed by atoms with Crippen molar-refractivity contribution in [3.05, 3.63) is 84.1 Å². The molecule has 4 aromatic rings. The molecule has 7 nitrogen and oxygen atoms in total. The summed E-state index contributed by atoms with van der Waals surface area (Å²) in [6.07, 6.45) is 4.34. The number of aromatic nitrogens is 1. The van der Waals surface area contributed by atoms with Crippen LogP contribution >= 0.6 is 0 Å². The number of nitrogens with one attached hydrogen (secondary N) is 1. The van der Waals surface area contributed by atoms with E-state index in [9.17, 15) is 4.79 Å². The highest BCUT2D eigenvalue weighted by Crippen LogP contribution is 2.35. The van der Waals surface area contributed by atoms with Gasteiger partial charge in [0.05, 0.1) is 6.42 Å². The van der Waals surface area contributed by atoms with Gasteiger partial charge in [0.2, 0.25) is 12.7 Å². The molecule has 38 heavy (non-hydrogen) atoms. The Bertz CT molecular complexity index is 1470. The lowest BCUT2D eigenvalue weighted by atomic mass is 9.94. The number of amides is 1. The van der Waals surface area contributed by atoms with E-state index in [1.807, 2.05) is 30.5 Å². The Morgan fingerprint density at radius 3 is 2.66 bits per heavy atom. The Kier molecular flexibility index (Phi) is 5.93. The number of rotatable bonds is 5. The van der Waals surface area contributed by atoms with Crippen molar-refractivity contribution >= 4 is 28.2 Å². The monoisotopic (exact) mass is 508 g/mol. The van der Waals surface area contributed by atoms with Crippen LogP contribution in [0.2, 0.25) is 0 Å². The Morgan fingerprint density at radius 1 is 0.895 bits per heavy atom. The number of ether oxygens (including phenoxy) is 2. The van der Waals surface area contributed by atoms with Crippen molar-refractivity contribution in [3.63, 3.8) is 0 Å². The molecule has 0 radical (unpaired) electrons. The Morgan fingerprint density at radius 2 is 1.74 bits per heavy atom. The van der Waals surface area contributed by atoms with Gasteiger partial charge < -0.3 is 24.3 Å². The van der Waals surface area contributed by atoms with Gasteiger partial charge in [0.15, 0.2) is 11.5 Å². The first kappa shape index (κ1) is 23.2. The summed E-state index contributed by atoms with van der Waals surface area (Å²) < 4.78 is 11.0. The molecule has 7 rings (SSSR count). The maximum Gasteiger partial charge on any atom is 0.231 e. The van der Waals surface area contributed by atoms with Crippen LogP contribution in [0.4, 0.5) is 11.4 Å². The number of piperazine rings is 1. The maximum atomic E-state index is 13.8. The van der Waals surface area contributed by atoms with E-state index in [1.54, 1.807) is 0 Å². The molecule has 1 atom stereocenters. The molecule has 4 heterocycles. The fourth-order valence-electron chi connectivity index (χ4n) is 6.24. The minimum Gasteiger partial charge on any atom is -0.454 e. The standard InChI is InChI=1S/C31H32N4O3/c36-31(19-22-8-11-29-30(18-22)38-21-37-29)35-24(10-9-23-4-1-2-6-27(23)35)20-33-14-16-34(17-15-33)28-7-3-5-26-25(28)12-13-32-26/h1-8,11-13,18,24,32H,9-10,14-17,19-21H2. The summed E-state index contributed by atoms with van der Waals surface area (Å²) in [5, 5.41) is 1.28. The van der Waals surface area contributed by atoms with Crippen molar-refractivity contribution in [1.29, 1.82) is 0 Å². The molecule has 1 saturated heterocycles. The lowest BCUT2D eigenvalue weighted by Gasteiger charge is -2.42. The van der Waals surface area contributed by atoms with E-state index in [2.05, 4.69) is 62.1 Å². The summed E-state index contributed by atoms with van der Waals surface area (Å²) >= 11 is 0. The fourth-order valence-corrected chi connectivity index (χ4v) is 6.24. The summed E-state index contributed by atoms with van der Waals surface area (Å²) in [5.74, 6) is 1.60. The van der Waals surface area contributed by atoms with Gasteiger partial charge in [-0.15, -0.1) is 0 Å². The van der Waals surface area contributed by atoms with E-state index in [-0.39, 0.29) is 18.7 Å². The molecule has 1 fully saturated rings. The van der Waals surface area contributed by atoms with E-state index in [4.69, 9.17) is 9.47 Å². The molecule has 194 valence electrons. The van der Waals surface area contributed by atoms with Crippen molar-refractivity contribution in [1.82, 2.24) is 9.88 Å². The third-order valence-corrected chi connectivity index (χ3v) is 8.18. The average molecular weight is 509 g/mol. The van der Waals surface area contributed by atoms with E-state index in [1.165, 1.54) is 22.2 Å². The molecular formula is C31H32N4O3. The molecule has 3 aliphatic rings. The third-order valence-electron chi connectivity index (χ3n) is 8.18. The summed E-state index contributed by atoms with van der Waals surface area (Å²) in [4.78, 5) is 24.3. The van der Waals surface area contributed by atoms with Gasteiger partial charge >= 0.3 is 0 Å². The zero-order chi connectivity index (χ0) is 25.5. The summed E-state index contributed by atoms with van der Waals surface area (Å²) in [5.41, 5.74) is 5.76. The van der Waals surface area contributed by atoms with Crippen LogP contribution in [0.1, 0.15) is 17.5 Å². The number of benzene rings is 3. The predicted octanol–water partition coefficient (Wildman–Crippen LogP) is 4.61. The molecule has 1 aromatic heterocycles. The molecule has 1 unspecified atom stereocenters. The predicted molar refractivity (Wildman–Crippen MR) is 149 cm³/mol. The van der Waals surface area contributed by atoms with Crippen LogP contribution in [0.3, 0.4) is 0 Å². The third kappa shape index (κ3) is 4.27. The second kappa shape index (κ2) is 9.72. The molecule has 7 heteroatoms. The van der Waals surface area contributed by atoms with E-state index >= 15 is 0 Å². The summed E-state index contributed by atoms with van der Waals surface area (Å²) in [6.45, 7) is 5.08. The van der Waals surface area contributed by atoms with Crippen molar-refractivity contribution in [2.24, 2.45) is 0 Å². The summed E-state index contributed by atoms with van der Waals surface area (Å²) in [6, 6.07) is 23.0. The molecule has 3 aromatic carbocycles. The van der Waals surface area contributed by atoms with Crippen molar-refractivity contribution in [2.45, 2.75) is 25.3 Å². The minimum absolute atomic E-state index is 0.138. The number of aryl methyl sites for hydroxylation is 1. The Hall–Kier alpha value is -3.97. The quantitative estimate of drug-likeness (QED) is 0.427. The Balaban J connectivity index is 1.07. The zero-order valence-electron chi connectivity index (χ0n) is 21.4. The molecule has 1 amide bonds. The number of H-pyrrole nitrogens is 1. The van der Waals surface area contributed by atoms with Crippen LogP contribution in [-0.4, -0.2) is 61.3 Å². The number of para-hydroxylation sites is 1. The van der Waals surface area contributed by atoms with Gasteiger partial charge in [0.25, 0.3) is 0 Å². The van der Waals surface area contributed by atoms with Crippen molar-refractivity contribution in [3.8, 4) is 11.5 Å². The maximum absolute atomic E-state index is 13.8. The van der Waals surface area contributed by atoms with Crippen LogP contribution in [0.25, 0.3) is 10.9 Å². The highest BCUT2D eigenvalue weighted by Gasteiger charge is 2.33. The van der Waals surface area contributed by atoms with Gasteiger partial charge in [-0.25, -0.2) is 0 Å². The van der Waals surface area contributed by atoms with Crippen LogP contribution in [0.5, 0.6) is 11.5 Å².